The van der Waals surface area contributed by atoms with Gasteiger partial charge < -0.3 is 23.9 Å². The van der Waals surface area contributed by atoms with Gasteiger partial charge in [-0.1, -0.05) is 13.8 Å². The zero-order valence-corrected chi connectivity index (χ0v) is 7.06. The topological polar surface area (TPSA) is 69.1 Å². The largest absolute Gasteiger partial charge is 1.00 e. The minimum absolute atomic E-state index is 0. The van der Waals surface area contributed by atoms with Crippen molar-refractivity contribution in [3.8, 4) is 0 Å². The van der Waals surface area contributed by atoms with E-state index in [0.29, 0.717) is 12.3 Å². The molecule has 0 heterocycles. The molecule has 0 radical (unpaired) electrons. The highest BCUT2D eigenvalue weighted by molar-refractivity contribution is 5.79. The van der Waals surface area contributed by atoms with Gasteiger partial charge in [0.1, 0.15) is 0 Å². The van der Waals surface area contributed by atoms with Crippen LogP contribution in [-0.4, -0.2) is 11.9 Å². The molecule has 0 bridgehead atoms. The maximum atomic E-state index is 10.3. The molecule has 0 saturated carbocycles. The van der Waals surface area contributed by atoms with Gasteiger partial charge >= 0.3 is 0 Å². The lowest BCUT2D eigenvalue weighted by Crippen LogP contribution is -3.00. The van der Waals surface area contributed by atoms with Crippen LogP contribution >= 0.6 is 0 Å². The number of carbonyl (C=O) groups is 1. The Morgan fingerprint density at radius 2 is 1.90 bits per heavy atom. The maximum absolute atomic E-state index is 10.3. The summed E-state index contributed by atoms with van der Waals surface area (Å²) in [4.78, 5) is 10.3. The zero-order valence-electron chi connectivity index (χ0n) is 6.30. The van der Waals surface area contributed by atoms with E-state index >= 15 is 0 Å². The summed E-state index contributed by atoms with van der Waals surface area (Å²) in [5.74, 6) is 0.0243. The molecular weight excluding hydrogens is 152 g/mol. The molecule has 0 aromatic heterocycles. The van der Waals surface area contributed by atoms with E-state index in [0.717, 1.165) is 0 Å². The Kier molecular flexibility index (Phi) is 6.82. The molecule has 0 aromatic rings. The van der Waals surface area contributed by atoms with Gasteiger partial charge in [0.15, 0.2) is 0 Å². The predicted molar refractivity (Wildman–Crippen MR) is 36.6 cm³/mol. The lowest BCUT2D eigenvalue weighted by Gasteiger charge is -2.08. The maximum Gasteiger partial charge on any atom is 0.234 e. The molecule has 4 N–H and O–H groups in total. The van der Waals surface area contributed by atoms with Gasteiger partial charge in [-0.05, 0) is 12.3 Å². The second kappa shape index (κ2) is 5.50. The number of rotatable bonds is 3. The normalized spacial score (nSPS) is 12.4. The molecule has 0 saturated heterocycles. The molecule has 3 nitrogen and oxygen atoms in total. The van der Waals surface area contributed by atoms with Crippen molar-refractivity contribution in [1.29, 1.82) is 0 Å². The van der Waals surface area contributed by atoms with Gasteiger partial charge in [-0.25, -0.2) is 0 Å². The highest BCUT2D eigenvalue weighted by Gasteiger charge is 2.09. The zero-order chi connectivity index (χ0) is 7.44. The van der Waals surface area contributed by atoms with Gasteiger partial charge in [0.25, 0.3) is 0 Å². The van der Waals surface area contributed by atoms with E-state index in [1.165, 1.54) is 0 Å². The third kappa shape index (κ3) is 5.85. The number of halogens is 1. The molecule has 10 heavy (non-hydrogen) atoms. The summed E-state index contributed by atoms with van der Waals surface area (Å²) >= 11 is 0. The molecule has 0 aliphatic carbocycles. The first kappa shape index (κ1) is 12.4. The summed E-state index contributed by atoms with van der Waals surface area (Å²) < 4.78 is 0. The van der Waals surface area contributed by atoms with Crippen molar-refractivity contribution in [2.45, 2.75) is 26.3 Å². The van der Waals surface area contributed by atoms with E-state index in [4.69, 9.17) is 11.5 Å². The Bertz CT molecular complexity index is 106. The van der Waals surface area contributed by atoms with Crippen LogP contribution in [0.4, 0.5) is 0 Å². The molecule has 1 unspecified atom stereocenters. The third-order valence-electron chi connectivity index (χ3n) is 1.09. The Morgan fingerprint density at radius 1 is 1.50 bits per heavy atom. The smallest absolute Gasteiger partial charge is 0.234 e. The van der Waals surface area contributed by atoms with Crippen molar-refractivity contribution in [1.82, 2.24) is 0 Å². The minimum Gasteiger partial charge on any atom is -1.00 e. The molecule has 1 atom stereocenters. The second-order valence-electron chi connectivity index (χ2n) is 2.64. The van der Waals surface area contributed by atoms with E-state index in [1.54, 1.807) is 0 Å². The molecule has 0 aliphatic heterocycles. The first-order chi connectivity index (χ1) is 4.04. The van der Waals surface area contributed by atoms with Crippen molar-refractivity contribution in [2.24, 2.45) is 17.4 Å². The molecular formula is C6H14ClN2O-. The van der Waals surface area contributed by atoms with Gasteiger partial charge in [-0.3, -0.25) is 4.79 Å². The molecule has 0 aromatic carbocycles. The van der Waals surface area contributed by atoms with Crippen molar-refractivity contribution in [3.05, 3.63) is 0 Å². The molecule has 1 amide bonds. The van der Waals surface area contributed by atoms with E-state index in [-0.39, 0.29) is 12.4 Å². The van der Waals surface area contributed by atoms with Crippen LogP contribution in [0.1, 0.15) is 20.3 Å². The number of primary amides is 1. The lowest BCUT2D eigenvalue weighted by molar-refractivity contribution is -0.119. The van der Waals surface area contributed by atoms with Gasteiger partial charge in [0.2, 0.25) is 5.91 Å². The Hall–Kier alpha value is -0.280. The average molecular weight is 166 g/mol. The number of amides is 1. The predicted octanol–water partition coefficient (Wildman–Crippen LogP) is -3.15. The second-order valence-corrected chi connectivity index (χ2v) is 2.64. The van der Waals surface area contributed by atoms with Crippen LogP contribution in [0.15, 0.2) is 0 Å². The fourth-order valence-electron chi connectivity index (χ4n) is 0.624. The monoisotopic (exact) mass is 165 g/mol. The SMILES string of the molecule is CC(C)CC(N)C(N)=O.[Cl-]. The Morgan fingerprint density at radius 3 is 2.00 bits per heavy atom. The van der Waals surface area contributed by atoms with E-state index in [9.17, 15) is 4.79 Å². The lowest BCUT2D eigenvalue weighted by atomic mass is 10.0. The standard InChI is InChI=1S/C6H14N2O.ClH/c1-4(2)3-5(7)6(8)9;/h4-5H,3,7H2,1-2H3,(H2,8,9);1H/p-1. The summed E-state index contributed by atoms with van der Waals surface area (Å²) in [5.41, 5.74) is 10.3. The quantitative estimate of drug-likeness (QED) is 0.464. The van der Waals surface area contributed by atoms with Gasteiger partial charge in [-0.15, -0.1) is 0 Å². The summed E-state index contributed by atoms with van der Waals surface area (Å²) in [6, 6.07) is -0.468. The third-order valence-corrected chi connectivity index (χ3v) is 1.09. The summed E-state index contributed by atoms with van der Waals surface area (Å²) in [6.45, 7) is 4.01. The molecule has 0 fully saturated rings. The van der Waals surface area contributed by atoms with Gasteiger partial charge in [-0.2, -0.15) is 0 Å². The Balaban J connectivity index is 0. The van der Waals surface area contributed by atoms with Crippen molar-refractivity contribution >= 4 is 5.91 Å². The Labute approximate surface area is 67.6 Å². The summed E-state index contributed by atoms with van der Waals surface area (Å²) in [5, 5.41) is 0. The van der Waals surface area contributed by atoms with Crippen LogP contribution < -0.4 is 23.9 Å². The summed E-state index contributed by atoms with van der Waals surface area (Å²) in [6.07, 6.45) is 0.676. The number of hydrogen-bond donors (Lipinski definition) is 2. The van der Waals surface area contributed by atoms with Crippen LogP contribution in [0.5, 0.6) is 0 Å². The number of carbonyl (C=O) groups excluding carboxylic acids is 1. The highest BCUT2D eigenvalue weighted by Crippen LogP contribution is 2.00. The molecule has 0 aliphatic rings. The van der Waals surface area contributed by atoms with Crippen molar-refractivity contribution in [2.75, 3.05) is 0 Å². The average Bonchev–Trinajstić information content (AvgIpc) is 1.63. The van der Waals surface area contributed by atoms with E-state index in [2.05, 4.69) is 0 Å². The van der Waals surface area contributed by atoms with E-state index in [1.807, 2.05) is 13.8 Å². The molecule has 4 heteroatoms. The molecule has 62 valence electrons. The van der Waals surface area contributed by atoms with Gasteiger partial charge in [0.05, 0.1) is 6.04 Å². The minimum atomic E-state index is -0.468. The van der Waals surface area contributed by atoms with Crippen LogP contribution in [0, 0.1) is 5.92 Å². The molecule has 0 spiro atoms. The van der Waals surface area contributed by atoms with Crippen LogP contribution in [0.25, 0.3) is 0 Å². The van der Waals surface area contributed by atoms with E-state index < -0.39 is 11.9 Å². The number of nitrogens with two attached hydrogens (primary N) is 2. The van der Waals surface area contributed by atoms with Crippen LogP contribution in [-0.2, 0) is 4.79 Å². The fourth-order valence-corrected chi connectivity index (χ4v) is 0.624. The van der Waals surface area contributed by atoms with Gasteiger partial charge in [0, 0.05) is 0 Å². The fraction of sp³-hybridized carbons (Fsp3) is 0.833. The van der Waals surface area contributed by atoms with Crippen molar-refractivity contribution in [3.63, 3.8) is 0 Å². The van der Waals surface area contributed by atoms with Crippen LogP contribution in [0.2, 0.25) is 0 Å². The van der Waals surface area contributed by atoms with Crippen LogP contribution in [0.3, 0.4) is 0 Å². The first-order valence-corrected chi connectivity index (χ1v) is 3.09. The summed E-state index contributed by atoms with van der Waals surface area (Å²) in [7, 11) is 0. The number of hydrogen-bond acceptors (Lipinski definition) is 2. The van der Waals surface area contributed by atoms with Crippen molar-refractivity contribution < 1.29 is 17.2 Å². The highest BCUT2D eigenvalue weighted by atomic mass is 35.5. The molecule has 0 rings (SSSR count). The first-order valence-electron chi connectivity index (χ1n) is 3.09.